The summed E-state index contributed by atoms with van der Waals surface area (Å²) >= 11 is 0. The molecule has 2 heterocycles. The van der Waals surface area contributed by atoms with Gasteiger partial charge in [-0.05, 0) is 24.6 Å². The van der Waals surface area contributed by atoms with Crippen LogP contribution in [0.2, 0.25) is 0 Å². The second-order valence-corrected chi connectivity index (χ2v) is 4.51. The molecule has 0 atom stereocenters. The third-order valence-electron chi connectivity index (χ3n) is 3.17. The van der Waals surface area contributed by atoms with Crippen LogP contribution in [-0.4, -0.2) is 14.8 Å². The first-order valence-electron chi connectivity index (χ1n) is 6.03. The van der Waals surface area contributed by atoms with Crippen molar-refractivity contribution in [3.63, 3.8) is 0 Å². The summed E-state index contributed by atoms with van der Waals surface area (Å²) in [4.78, 5) is 3.23. The van der Waals surface area contributed by atoms with E-state index in [0.29, 0.717) is 0 Å². The van der Waals surface area contributed by atoms with Crippen LogP contribution in [0.15, 0.2) is 36.7 Å². The molecule has 0 bridgehead atoms. The highest BCUT2D eigenvalue weighted by atomic mass is 15.3. The summed E-state index contributed by atoms with van der Waals surface area (Å²) in [6.45, 7) is 2.82. The number of hydrogen-bond acceptors (Lipinski definition) is 2. The minimum absolute atomic E-state index is 0.807. The number of anilines is 1. The Morgan fingerprint density at radius 1 is 1.33 bits per heavy atom. The van der Waals surface area contributed by atoms with Crippen LogP contribution < -0.4 is 5.32 Å². The van der Waals surface area contributed by atoms with Crippen LogP contribution >= 0.6 is 0 Å². The molecule has 18 heavy (non-hydrogen) atoms. The zero-order chi connectivity index (χ0) is 12.5. The molecule has 0 amide bonds. The molecule has 3 rings (SSSR count). The Labute approximate surface area is 106 Å². The minimum Gasteiger partial charge on any atom is -0.378 e. The van der Waals surface area contributed by atoms with Crippen LogP contribution in [0.25, 0.3) is 10.9 Å². The fourth-order valence-electron chi connectivity index (χ4n) is 2.27. The number of benzene rings is 1. The average Bonchev–Trinajstić information content (AvgIpc) is 2.93. The summed E-state index contributed by atoms with van der Waals surface area (Å²) in [5.74, 6) is 0. The standard InChI is InChI=1S/C14H16N4/c1-10-14(9-18(2)17-10)16-8-11-4-3-5-13-12(11)6-7-15-13/h3-7,9,15-16H,8H2,1-2H3. The van der Waals surface area contributed by atoms with Crippen molar-refractivity contribution in [3.8, 4) is 0 Å². The van der Waals surface area contributed by atoms with E-state index in [1.807, 2.05) is 31.0 Å². The third kappa shape index (κ3) is 1.86. The molecule has 0 aliphatic heterocycles. The highest BCUT2D eigenvalue weighted by Crippen LogP contribution is 2.19. The molecule has 0 saturated heterocycles. The highest BCUT2D eigenvalue weighted by molar-refractivity contribution is 5.83. The van der Waals surface area contributed by atoms with E-state index < -0.39 is 0 Å². The lowest BCUT2D eigenvalue weighted by molar-refractivity contribution is 0.756. The van der Waals surface area contributed by atoms with Crippen LogP contribution in [0, 0.1) is 6.92 Å². The molecule has 0 radical (unpaired) electrons. The smallest absolute Gasteiger partial charge is 0.0825 e. The second-order valence-electron chi connectivity index (χ2n) is 4.51. The van der Waals surface area contributed by atoms with Crippen LogP contribution in [0.4, 0.5) is 5.69 Å². The lowest BCUT2D eigenvalue weighted by Gasteiger charge is -2.06. The second kappa shape index (κ2) is 4.22. The van der Waals surface area contributed by atoms with E-state index in [1.54, 1.807) is 0 Å². The molecular formula is C14H16N4. The van der Waals surface area contributed by atoms with Gasteiger partial charge in [0.1, 0.15) is 0 Å². The van der Waals surface area contributed by atoms with Crippen LogP contribution in [-0.2, 0) is 13.6 Å². The van der Waals surface area contributed by atoms with Gasteiger partial charge in [0.05, 0.1) is 11.4 Å². The van der Waals surface area contributed by atoms with Gasteiger partial charge in [0.15, 0.2) is 0 Å². The largest absolute Gasteiger partial charge is 0.378 e. The summed E-state index contributed by atoms with van der Waals surface area (Å²) in [5, 5.41) is 9.03. The number of aryl methyl sites for hydroxylation is 2. The van der Waals surface area contributed by atoms with Crippen molar-refractivity contribution in [1.82, 2.24) is 14.8 Å². The van der Waals surface area contributed by atoms with Gasteiger partial charge >= 0.3 is 0 Å². The predicted octanol–water partition coefficient (Wildman–Crippen LogP) is 2.82. The fourth-order valence-corrected chi connectivity index (χ4v) is 2.27. The molecule has 0 aliphatic carbocycles. The molecule has 0 fully saturated rings. The molecule has 1 aromatic carbocycles. The molecule has 0 unspecified atom stereocenters. The molecule has 2 aromatic heterocycles. The minimum atomic E-state index is 0.807. The van der Waals surface area contributed by atoms with Crippen molar-refractivity contribution in [2.24, 2.45) is 7.05 Å². The van der Waals surface area contributed by atoms with Crippen LogP contribution in [0.1, 0.15) is 11.3 Å². The maximum atomic E-state index is 4.32. The zero-order valence-electron chi connectivity index (χ0n) is 10.6. The number of aromatic amines is 1. The Morgan fingerprint density at radius 2 is 2.22 bits per heavy atom. The van der Waals surface area contributed by atoms with Gasteiger partial charge in [-0.15, -0.1) is 0 Å². The van der Waals surface area contributed by atoms with Gasteiger partial charge in [-0.25, -0.2) is 0 Å². The van der Waals surface area contributed by atoms with Gasteiger partial charge in [0, 0.05) is 36.9 Å². The number of rotatable bonds is 3. The van der Waals surface area contributed by atoms with Crippen LogP contribution in [0.5, 0.6) is 0 Å². The highest BCUT2D eigenvalue weighted by Gasteiger charge is 2.04. The first-order chi connectivity index (χ1) is 8.74. The average molecular weight is 240 g/mol. The lowest BCUT2D eigenvalue weighted by Crippen LogP contribution is -2.00. The Balaban J connectivity index is 1.85. The Kier molecular flexibility index (Phi) is 2.55. The predicted molar refractivity (Wildman–Crippen MR) is 73.6 cm³/mol. The fraction of sp³-hybridized carbons (Fsp3) is 0.214. The summed E-state index contributed by atoms with van der Waals surface area (Å²) in [5.41, 5.74) is 4.58. The van der Waals surface area contributed by atoms with E-state index in [-0.39, 0.29) is 0 Å². The number of H-pyrrole nitrogens is 1. The van der Waals surface area contributed by atoms with Crippen molar-refractivity contribution in [2.45, 2.75) is 13.5 Å². The summed E-state index contributed by atoms with van der Waals surface area (Å²) in [6.07, 6.45) is 3.98. The van der Waals surface area contributed by atoms with Crippen molar-refractivity contribution >= 4 is 16.6 Å². The van der Waals surface area contributed by atoms with E-state index in [2.05, 4.69) is 39.7 Å². The molecule has 4 heteroatoms. The van der Waals surface area contributed by atoms with E-state index >= 15 is 0 Å². The Bertz CT molecular complexity index is 678. The monoisotopic (exact) mass is 240 g/mol. The molecule has 2 N–H and O–H groups in total. The summed E-state index contributed by atoms with van der Waals surface area (Å²) in [6, 6.07) is 8.43. The number of nitrogens with zero attached hydrogens (tertiary/aromatic N) is 2. The maximum absolute atomic E-state index is 4.32. The topological polar surface area (TPSA) is 45.6 Å². The zero-order valence-corrected chi connectivity index (χ0v) is 10.6. The van der Waals surface area contributed by atoms with Crippen LogP contribution in [0.3, 0.4) is 0 Å². The van der Waals surface area contributed by atoms with Gasteiger partial charge in [0.25, 0.3) is 0 Å². The van der Waals surface area contributed by atoms with Crippen molar-refractivity contribution < 1.29 is 0 Å². The van der Waals surface area contributed by atoms with Gasteiger partial charge in [-0.2, -0.15) is 5.10 Å². The molecular weight excluding hydrogens is 224 g/mol. The number of aromatic nitrogens is 3. The first kappa shape index (κ1) is 10.9. The Morgan fingerprint density at radius 3 is 3.00 bits per heavy atom. The molecule has 0 saturated carbocycles. The maximum Gasteiger partial charge on any atom is 0.0825 e. The first-order valence-corrected chi connectivity index (χ1v) is 6.03. The molecule has 92 valence electrons. The molecule has 0 aliphatic rings. The SMILES string of the molecule is Cc1nn(C)cc1NCc1cccc2[nH]ccc12. The van der Waals surface area contributed by atoms with E-state index in [9.17, 15) is 0 Å². The number of fused-ring (bicyclic) bond motifs is 1. The van der Waals surface area contributed by atoms with Gasteiger partial charge in [-0.3, -0.25) is 4.68 Å². The quantitative estimate of drug-likeness (QED) is 0.739. The normalized spacial score (nSPS) is 11.0. The van der Waals surface area contributed by atoms with Gasteiger partial charge in [-0.1, -0.05) is 12.1 Å². The number of hydrogen-bond donors (Lipinski definition) is 2. The van der Waals surface area contributed by atoms with Crippen molar-refractivity contribution in [2.75, 3.05) is 5.32 Å². The third-order valence-corrected chi connectivity index (χ3v) is 3.17. The van der Waals surface area contributed by atoms with Crippen molar-refractivity contribution in [3.05, 3.63) is 47.9 Å². The van der Waals surface area contributed by atoms with Crippen molar-refractivity contribution in [1.29, 1.82) is 0 Å². The molecule has 4 nitrogen and oxygen atoms in total. The van der Waals surface area contributed by atoms with E-state index in [4.69, 9.17) is 0 Å². The lowest BCUT2D eigenvalue weighted by atomic mass is 10.1. The summed E-state index contributed by atoms with van der Waals surface area (Å²) < 4.78 is 1.83. The van der Waals surface area contributed by atoms with E-state index in [1.165, 1.54) is 16.5 Å². The molecule has 0 spiro atoms. The molecule has 3 aromatic rings. The Hall–Kier alpha value is -2.23. The van der Waals surface area contributed by atoms with E-state index in [0.717, 1.165) is 17.9 Å². The summed E-state index contributed by atoms with van der Waals surface area (Å²) in [7, 11) is 1.94. The van der Waals surface area contributed by atoms with Gasteiger partial charge in [0.2, 0.25) is 0 Å². The number of nitrogens with one attached hydrogen (secondary N) is 2. The van der Waals surface area contributed by atoms with Gasteiger partial charge < -0.3 is 10.3 Å².